The molecule has 1 aliphatic rings. The predicted octanol–water partition coefficient (Wildman–Crippen LogP) is 3.08. The van der Waals surface area contributed by atoms with E-state index in [-0.39, 0.29) is 6.10 Å². The minimum atomic E-state index is 0.162. The zero-order valence-electron chi connectivity index (χ0n) is 10.4. The quantitative estimate of drug-likeness (QED) is 0.730. The minimum absolute atomic E-state index is 0.162. The Morgan fingerprint density at radius 3 is 2.88 bits per heavy atom. The Kier molecular flexibility index (Phi) is 4.11. The highest BCUT2D eigenvalue weighted by Crippen LogP contribution is 2.35. The van der Waals surface area contributed by atoms with Gasteiger partial charge in [0.1, 0.15) is 0 Å². The van der Waals surface area contributed by atoms with Gasteiger partial charge in [-0.1, -0.05) is 0 Å². The van der Waals surface area contributed by atoms with Gasteiger partial charge >= 0.3 is 0 Å². The first-order chi connectivity index (χ1) is 8.22. The lowest BCUT2D eigenvalue weighted by Gasteiger charge is -2.25. The molecule has 0 atom stereocenters. The second-order valence-electron chi connectivity index (χ2n) is 4.61. The topological polar surface area (TPSA) is 25.4 Å². The molecule has 1 heterocycles. The van der Waals surface area contributed by atoms with E-state index in [4.69, 9.17) is 16.3 Å². The molecule has 1 aromatic rings. The number of aromatic nitrogens is 1. The van der Waals surface area contributed by atoms with E-state index in [0.29, 0.717) is 11.9 Å². The van der Waals surface area contributed by atoms with Crippen LogP contribution in [0.4, 0.5) is 5.82 Å². The van der Waals surface area contributed by atoms with Crippen molar-refractivity contribution in [1.29, 1.82) is 0 Å². The predicted molar refractivity (Wildman–Crippen MR) is 71.1 cm³/mol. The van der Waals surface area contributed by atoms with Crippen molar-refractivity contribution < 1.29 is 4.74 Å². The van der Waals surface area contributed by atoms with E-state index in [2.05, 4.69) is 9.88 Å². The fraction of sp³-hybridized carbons (Fsp3) is 0.615. The molecule has 1 saturated carbocycles. The molecule has 0 unspecified atom stereocenters. The van der Waals surface area contributed by atoms with Crippen LogP contribution in [0.1, 0.15) is 26.7 Å². The summed E-state index contributed by atoms with van der Waals surface area (Å²) in [7, 11) is 0. The lowest BCUT2D eigenvalue weighted by molar-refractivity contribution is 0.242. The molecule has 1 aliphatic carbocycles. The molecule has 1 aromatic heterocycles. The fourth-order valence-electron chi connectivity index (χ4n) is 1.88. The van der Waals surface area contributed by atoms with Crippen molar-refractivity contribution in [2.45, 2.75) is 38.8 Å². The zero-order chi connectivity index (χ0) is 12.3. The maximum absolute atomic E-state index is 5.87. The van der Waals surface area contributed by atoms with Gasteiger partial charge in [0.25, 0.3) is 0 Å². The van der Waals surface area contributed by atoms with Gasteiger partial charge in [0, 0.05) is 24.7 Å². The zero-order valence-corrected chi connectivity index (χ0v) is 11.2. The molecular weight excluding hydrogens is 236 g/mol. The summed E-state index contributed by atoms with van der Waals surface area (Å²) in [5.74, 6) is 2.41. The van der Waals surface area contributed by atoms with Gasteiger partial charge in [-0.15, -0.1) is 11.6 Å². The molecule has 1 fully saturated rings. The smallest absolute Gasteiger partial charge is 0.171 e. The van der Waals surface area contributed by atoms with Crippen molar-refractivity contribution >= 4 is 17.4 Å². The molecule has 0 saturated heterocycles. The second-order valence-corrected chi connectivity index (χ2v) is 4.98. The van der Waals surface area contributed by atoms with E-state index >= 15 is 0 Å². The van der Waals surface area contributed by atoms with Gasteiger partial charge in [-0.3, -0.25) is 0 Å². The Balaban J connectivity index is 2.21. The number of anilines is 1. The van der Waals surface area contributed by atoms with Gasteiger partial charge in [0.15, 0.2) is 11.6 Å². The third-order valence-electron chi connectivity index (χ3n) is 2.70. The Hall–Kier alpha value is -0.960. The number of alkyl halides is 1. The minimum Gasteiger partial charge on any atom is -0.487 e. The van der Waals surface area contributed by atoms with Crippen molar-refractivity contribution in [2.75, 3.05) is 17.3 Å². The SMILES string of the molecule is CC(C)Oc1cccnc1N(CCCl)C1CC1. The third kappa shape index (κ3) is 3.25. The van der Waals surface area contributed by atoms with Gasteiger partial charge < -0.3 is 9.64 Å². The molecule has 94 valence electrons. The average Bonchev–Trinajstić information content (AvgIpc) is 3.10. The van der Waals surface area contributed by atoms with E-state index in [0.717, 1.165) is 18.1 Å². The van der Waals surface area contributed by atoms with Crippen LogP contribution in [0.2, 0.25) is 0 Å². The van der Waals surface area contributed by atoms with E-state index in [1.54, 1.807) is 0 Å². The van der Waals surface area contributed by atoms with Crippen molar-refractivity contribution in [3.63, 3.8) is 0 Å². The van der Waals surface area contributed by atoms with Gasteiger partial charge in [0.2, 0.25) is 0 Å². The number of hydrogen-bond donors (Lipinski definition) is 0. The van der Waals surface area contributed by atoms with E-state index in [9.17, 15) is 0 Å². The summed E-state index contributed by atoms with van der Waals surface area (Å²) < 4.78 is 5.80. The first-order valence-electron chi connectivity index (χ1n) is 6.16. The summed E-state index contributed by atoms with van der Waals surface area (Å²) in [4.78, 5) is 6.72. The molecule has 0 bridgehead atoms. The number of rotatable bonds is 6. The summed E-state index contributed by atoms with van der Waals surface area (Å²) in [5, 5.41) is 0. The van der Waals surface area contributed by atoms with Crippen LogP contribution in [0.5, 0.6) is 5.75 Å². The van der Waals surface area contributed by atoms with E-state index in [1.165, 1.54) is 12.8 Å². The fourth-order valence-corrected chi connectivity index (χ4v) is 2.06. The van der Waals surface area contributed by atoms with Crippen LogP contribution < -0.4 is 9.64 Å². The van der Waals surface area contributed by atoms with Crippen molar-refractivity contribution in [1.82, 2.24) is 4.98 Å². The molecule has 4 heteroatoms. The van der Waals surface area contributed by atoms with Crippen LogP contribution in [0.3, 0.4) is 0 Å². The van der Waals surface area contributed by atoms with Crippen molar-refractivity contribution in [3.8, 4) is 5.75 Å². The van der Waals surface area contributed by atoms with Gasteiger partial charge in [-0.2, -0.15) is 0 Å². The van der Waals surface area contributed by atoms with Crippen LogP contribution in [0, 0.1) is 0 Å². The van der Waals surface area contributed by atoms with Crippen LogP contribution >= 0.6 is 11.6 Å². The van der Waals surface area contributed by atoms with Crippen LogP contribution in [0.15, 0.2) is 18.3 Å². The maximum atomic E-state index is 5.87. The first kappa shape index (κ1) is 12.5. The summed E-state index contributed by atoms with van der Waals surface area (Å²) in [5.41, 5.74) is 0. The third-order valence-corrected chi connectivity index (χ3v) is 2.87. The molecule has 3 nitrogen and oxygen atoms in total. The molecular formula is C13H19ClN2O. The number of hydrogen-bond acceptors (Lipinski definition) is 3. The molecule has 17 heavy (non-hydrogen) atoms. The van der Waals surface area contributed by atoms with E-state index < -0.39 is 0 Å². The Morgan fingerprint density at radius 1 is 1.53 bits per heavy atom. The average molecular weight is 255 g/mol. The molecule has 2 rings (SSSR count). The highest BCUT2D eigenvalue weighted by Gasteiger charge is 2.31. The molecule has 0 radical (unpaired) electrons. The number of halogens is 1. The van der Waals surface area contributed by atoms with Crippen molar-refractivity contribution in [3.05, 3.63) is 18.3 Å². The van der Waals surface area contributed by atoms with Gasteiger partial charge in [-0.05, 0) is 38.8 Å². The number of nitrogens with zero attached hydrogens (tertiary/aromatic N) is 2. The van der Waals surface area contributed by atoms with Gasteiger partial charge in [0.05, 0.1) is 6.10 Å². The highest BCUT2D eigenvalue weighted by atomic mass is 35.5. The normalized spacial score (nSPS) is 15.1. The Labute approximate surface area is 108 Å². The summed E-state index contributed by atoms with van der Waals surface area (Å²) in [6.45, 7) is 4.89. The molecule has 0 spiro atoms. The molecule has 0 N–H and O–H groups in total. The van der Waals surface area contributed by atoms with Crippen LogP contribution in [0.25, 0.3) is 0 Å². The second kappa shape index (κ2) is 5.58. The lowest BCUT2D eigenvalue weighted by Crippen LogP contribution is -2.29. The number of pyridine rings is 1. The first-order valence-corrected chi connectivity index (χ1v) is 6.70. The largest absolute Gasteiger partial charge is 0.487 e. The van der Waals surface area contributed by atoms with Gasteiger partial charge in [-0.25, -0.2) is 4.98 Å². The number of ether oxygens (including phenoxy) is 1. The van der Waals surface area contributed by atoms with Crippen molar-refractivity contribution in [2.24, 2.45) is 0 Å². The monoisotopic (exact) mass is 254 g/mol. The molecule has 0 aliphatic heterocycles. The summed E-state index contributed by atoms with van der Waals surface area (Å²) in [6, 6.07) is 4.48. The Bertz CT molecular complexity index is 366. The molecule has 0 aromatic carbocycles. The van der Waals surface area contributed by atoms with Crippen LogP contribution in [-0.4, -0.2) is 29.6 Å². The summed E-state index contributed by atoms with van der Waals surface area (Å²) >= 11 is 5.87. The highest BCUT2D eigenvalue weighted by molar-refractivity contribution is 6.18. The molecule has 0 amide bonds. The maximum Gasteiger partial charge on any atom is 0.171 e. The lowest BCUT2D eigenvalue weighted by atomic mass is 10.3. The standard InChI is InChI=1S/C13H19ClN2O/c1-10(2)17-12-4-3-8-15-13(12)16(9-7-14)11-5-6-11/h3-4,8,10-11H,5-7,9H2,1-2H3. The van der Waals surface area contributed by atoms with E-state index in [1.807, 2.05) is 32.2 Å². The summed E-state index contributed by atoms with van der Waals surface area (Å²) in [6.07, 6.45) is 4.44. The Morgan fingerprint density at radius 2 is 2.29 bits per heavy atom. The van der Waals surface area contributed by atoms with Crippen LogP contribution in [-0.2, 0) is 0 Å².